The van der Waals surface area contributed by atoms with Gasteiger partial charge in [0.15, 0.2) is 0 Å². The number of carbonyl (C=O) groups excluding carboxylic acids is 2. The Labute approximate surface area is 111 Å². The third-order valence-corrected chi connectivity index (χ3v) is 4.94. The van der Waals surface area contributed by atoms with Gasteiger partial charge in [-0.05, 0) is 42.9 Å². The topological polar surface area (TPSA) is 37.4 Å². The van der Waals surface area contributed by atoms with Crippen LogP contribution in [0.4, 0.5) is 0 Å². The van der Waals surface area contributed by atoms with Crippen LogP contribution in [-0.2, 0) is 5.41 Å². The molecule has 4 rings (SSSR count). The van der Waals surface area contributed by atoms with E-state index in [-0.39, 0.29) is 17.2 Å². The Bertz CT molecular complexity index is 646. The first-order valence-corrected chi connectivity index (χ1v) is 6.77. The van der Waals surface area contributed by atoms with Crippen molar-refractivity contribution in [3.63, 3.8) is 0 Å². The van der Waals surface area contributed by atoms with Gasteiger partial charge < -0.3 is 0 Å². The summed E-state index contributed by atoms with van der Waals surface area (Å²) in [4.78, 5) is 25.2. The Balaban J connectivity index is 1.84. The van der Waals surface area contributed by atoms with Crippen LogP contribution >= 0.6 is 0 Å². The minimum atomic E-state index is -0.185. The predicted molar refractivity (Wildman–Crippen MR) is 71.0 cm³/mol. The van der Waals surface area contributed by atoms with Gasteiger partial charge in [0.2, 0.25) is 0 Å². The second kappa shape index (κ2) is 3.35. The van der Waals surface area contributed by atoms with E-state index in [1.807, 2.05) is 18.2 Å². The Hall–Kier alpha value is -1.90. The standard InChI is InChI=1S/C16H15NO2/c1-17-14(18)12-3-2-11(8-13(12)15(17)19)16-6-4-10(9-16)5-7-16/h2-4,6,8,10H,5,7,9H2,1H3. The summed E-state index contributed by atoms with van der Waals surface area (Å²) in [6.45, 7) is 0. The van der Waals surface area contributed by atoms with E-state index >= 15 is 0 Å². The summed E-state index contributed by atoms with van der Waals surface area (Å²) < 4.78 is 0. The molecule has 0 spiro atoms. The zero-order valence-corrected chi connectivity index (χ0v) is 10.8. The molecule has 0 saturated heterocycles. The van der Waals surface area contributed by atoms with Gasteiger partial charge in [-0.1, -0.05) is 18.2 Å². The van der Waals surface area contributed by atoms with E-state index in [4.69, 9.17) is 0 Å². The maximum atomic E-state index is 12.1. The lowest BCUT2D eigenvalue weighted by molar-refractivity contribution is 0.0693. The van der Waals surface area contributed by atoms with Crippen molar-refractivity contribution in [3.05, 3.63) is 47.0 Å². The van der Waals surface area contributed by atoms with Crippen LogP contribution in [-0.4, -0.2) is 23.8 Å². The monoisotopic (exact) mass is 253 g/mol. The third kappa shape index (κ3) is 1.28. The highest BCUT2D eigenvalue weighted by Gasteiger charge is 2.43. The summed E-state index contributed by atoms with van der Waals surface area (Å²) in [5, 5.41) is 0. The molecule has 2 unspecified atom stereocenters. The lowest BCUT2D eigenvalue weighted by Gasteiger charge is -2.24. The number of allylic oxidation sites excluding steroid dienone is 2. The summed E-state index contributed by atoms with van der Waals surface area (Å²) in [5.41, 5.74) is 2.43. The van der Waals surface area contributed by atoms with E-state index in [1.165, 1.54) is 16.9 Å². The summed E-state index contributed by atoms with van der Waals surface area (Å²) in [6.07, 6.45) is 8.15. The van der Waals surface area contributed by atoms with Crippen molar-refractivity contribution < 1.29 is 9.59 Å². The normalized spacial score (nSPS) is 31.4. The van der Waals surface area contributed by atoms with Crippen LogP contribution in [0.5, 0.6) is 0 Å². The fraction of sp³-hybridized carbons (Fsp3) is 0.375. The number of benzene rings is 1. The van der Waals surface area contributed by atoms with Crippen LogP contribution in [0.1, 0.15) is 45.5 Å². The molecular weight excluding hydrogens is 238 g/mol. The quantitative estimate of drug-likeness (QED) is 0.569. The number of carbonyl (C=O) groups is 2. The molecule has 2 bridgehead atoms. The molecule has 1 fully saturated rings. The first kappa shape index (κ1) is 11.0. The summed E-state index contributed by atoms with van der Waals surface area (Å²) in [7, 11) is 1.55. The Morgan fingerprint density at radius 2 is 2.00 bits per heavy atom. The highest BCUT2D eigenvalue weighted by molar-refractivity contribution is 6.21. The highest BCUT2D eigenvalue weighted by Crippen LogP contribution is 2.51. The number of fused-ring (bicyclic) bond motifs is 3. The summed E-state index contributed by atoms with van der Waals surface area (Å²) >= 11 is 0. The molecule has 0 aromatic heterocycles. The first-order valence-electron chi connectivity index (χ1n) is 6.77. The van der Waals surface area contributed by atoms with Crippen LogP contribution in [0.15, 0.2) is 30.4 Å². The van der Waals surface area contributed by atoms with E-state index in [0.29, 0.717) is 17.0 Å². The second-order valence-electron chi connectivity index (χ2n) is 5.95. The number of imide groups is 1. The number of nitrogens with zero attached hydrogens (tertiary/aromatic N) is 1. The van der Waals surface area contributed by atoms with E-state index < -0.39 is 0 Å². The van der Waals surface area contributed by atoms with Crippen molar-refractivity contribution in [2.45, 2.75) is 24.7 Å². The van der Waals surface area contributed by atoms with Crippen molar-refractivity contribution in [1.29, 1.82) is 0 Å². The number of hydrogen-bond donors (Lipinski definition) is 0. The molecule has 3 nitrogen and oxygen atoms in total. The van der Waals surface area contributed by atoms with Crippen molar-refractivity contribution >= 4 is 11.8 Å². The van der Waals surface area contributed by atoms with E-state index in [0.717, 1.165) is 12.8 Å². The van der Waals surface area contributed by atoms with Crippen LogP contribution < -0.4 is 0 Å². The Kier molecular flexibility index (Phi) is 1.93. The predicted octanol–water partition coefficient (Wildman–Crippen LogP) is 2.52. The van der Waals surface area contributed by atoms with Gasteiger partial charge in [-0.2, -0.15) is 0 Å². The van der Waals surface area contributed by atoms with Gasteiger partial charge in [-0.3, -0.25) is 14.5 Å². The lowest BCUT2D eigenvalue weighted by Crippen LogP contribution is -2.24. The summed E-state index contributed by atoms with van der Waals surface area (Å²) in [6, 6.07) is 5.79. The van der Waals surface area contributed by atoms with Crippen molar-refractivity contribution in [2.24, 2.45) is 5.92 Å². The van der Waals surface area contributed by atoms with E-state index in [2.05, 4.69) is 12.2 Å². The average molecular weight is 253 g/mol. The van der Waals surface area contributed by atoms with Gasteiger partial charge >= 0.3 is 0 Å². The average Bonchev–Trinajstić information content (AvgIpc) is 3.10. The SMILES string of the molecule is CN1C(=O)c2ccc(C34C=CC(CC3)C4)cc2C1=O. The molecule has 1 heterocycles. The number of rotatable bonds is 1. The molecule has 3 aliphatic rings. The van der Waals surface area contributed by atoms with Gasteiger partial charge in [-0.25, -0.2) is 0 Å². The second-order valence-corrected chi connectivity index (χ2v) is 5.95. The zero-order chi connectivity index (χ0) is 13.2. The van der Waals surface area contributed by atoms with E-state index in [1.54, 1.807) is 7.05 Å². The van der Waals surface area contributed by atoms with Crippen molar-refractivity contribution in [3.8, 4) is 0 Å². The molecule has 1 aromatic carbocycles. The molecular formula is C16H15NO2. The Morgan fingerprint density at radius 1 is 1.21 bits per heavy atom. The van der Waals surface area contributed by atoms with E-state index in [9.17, 15) is 9.59 Å². The van der Waals surface area contributed by atoms with Crippen LogP contribution in [0.2, 0.25) is 0 Å². The molecule has 1 aromatic rings. The molecule has 1 aliphatic heterocycles. The maximum Gasteiger partial charge on any atom is 0.261 e. The van der Waals surface area contributed by atoms with Crippen LogP contribution in [0.25, 0.3) is 0 Å². The number of amides is 2. The van der Waals surface area contributed by atoms with Gasteiger partial charge in [0, 0.05) is 12.5 Å². The minimum Gasteiger partial charge on any atom is -0.277 e. The fourth-order valence-corrected chi connectivity index (χ4v) is 3.78. The molecule has 2 atom stereocenters. The number of hydrogen-bond acceptors (Lipinski definition) is 2. The van der Waals surface area contributed by atoms with Crippen LogP contribution in [0.3, 0.4) is 0 Å². The molecule has 96 valence electrons. The summed E-state index contributed by atoms with van der Waals surface area (Å²) in [5.74, 6) is 0.346. The minimum absolute atomic E-state index is 0.115. The van der Waals surface area contributed by atoms with Crippen LogP contribution in [0, 0.1) is 5.92 Å². The van der Waals surface area contributed by atoms with Crippen molar-refractivity contribution in [2.75, 3.05) is 7.05 Å². The van der Waals surface area contributed by atoms with Gasteiger partial charge in [0.25, 0.3) is 11.8 Å². The molecule has 2 amide bonds. The maximum absolute atomic E-state index is 12.1. The lowest BCUT2D eigenvalue weighted by atomic mass is 9.79. The van der Waals surface area contributed by atoms with Crippen molar-refractivity contribution in [1.82, 2.24) is 4.90 Å². The van der Waals surface area contributed by atoms with Gasteiger partial charge in [0.05, 0.1) is 11.1 Å². The van der Waals surface area contributed by atoms with Gasteiger partial charge in [-0.15, -0.1) is 0 Å². The van der Waals surface area contributed by atoms with Gasteiger partial charge in [0.1, 0.15) is 0 Å². The first-order chi connectivity index (χ1) is 9.11. The zero-order valence-electron chi connectivity index (χ0n) is 10.8. The largest absolute Gasteiger partial charge is 0.277 e. The Morgan fingerprint density at radius 3 is 2.63 bits per heavy atom. The highest BCUT2D eigenvalue weighted by atomic mass is 16.2. The molecule has 3 heteroatoms. The molecule has 2 aliphatic carbocycles. The fourth-order valence-electron chi connectivity index (χ4n) is 3.78. The molecule has 19 heavy (non-hydrogen) atoms. The molecule has 0 radical (unpaired) electrons. The third-order valence-electron chi connectivity index (χ3n) is 4.94. The molecule has 1 saturated carbocycles. The molecule has 0 N–H and O–H groups in total. The smallest absolute Gasteiger partial charge is 0.261 e.